The molecule has 0 bridgehead atoms. The number of hydrogen-bond acceptors (Lipinski definition) is 6. The lowest BCUT2D eigenvalue weighted by molar-refractivity contribution is -0.127. The Hall–Kier alpha value is -2.88. The highest BCUT2D eigenvalue weighted by molar-refractivity contribution is 7.99. The number of hydrazine groups is 1. The molecular formula is C16H19N5O4S. The van der Waals surface area contributed by atoms with Crippen molar-refractivity contribution in [3.8, 4) is 0 Å². The molecule has 0 saturated carbocycles. The molecule has 0 radical (unpaired) electrons. The molecule has 0 aliphatic rings. The van der Waals surface area contributed by atoms with Gasteiger partial charge in [-0.05, 0) is 18.1 Å². The van der Waals surface area contributed by atoms with E-state index in [0.29, 0.717) is 0 Å². The molecule has 1 heterocycles. The minimum atomic E-state index is -0.575. The highest BCUT2D eigenvalue weighted by atomic mass is 32.2. The minimum absolute atomic E-state index is 0.0241. The second-order valence-corrected chi connectivity index (χ2v) is 6.53. The molecule has 2 amide bonds. The maximum absolute atomic E-state index is 11.9. The lowest BCUT2D eigenvalue weighted by Gasteiger charge is -2.09. The first-order valence-corrected chi connectivity index (χ1v) is 8.67. The van der Waals surface area contributed by atoms with Gasteiger partial charge in [0, 0.05) is 14.1 Å². The van der Waals surface area contributed by atoms with Gasteiger partial charge in [-0.2, -0.15) is 5.10 Å². The van der Waals surface area contributed by atoms with Gasteiger partial charge in [-0.15, -0.1) is 0 Å². The van der Waals surface area contributed by atoms with Crippen molar-refractivity contribution in [3.05, 3.63) is 56.2 Å². The summed E-state index contributed by atoms with van der Waals surface area (Å²) in [5.74, 6) is -0.981. The fraction of sp³-hybridized carbons (Fsp3) is 0.312. The Balaban J connectivity index is 1.86. The van der Waals surface area contributed by atoms with Gasteiger partial charge in [-0.1, -0.05) is 36.0 Å². The van der Waals surface area contributed by atoms with Crippen molar-refractivity contribution in [1.82, 2.24) is 25.2 Å². The number of aromatic nitrogens is 3. The van der Waals surface area contributed by atoms with Crippen molar-refractivity contribution in [2.45, 2.75) is 18.4 Å². The molecular weight excluding hydrogens is 358 g/mol. The van der Waals surface area contributed by atoms with Crippen molar-refractivity contribution < 1.29 is 9.59 Å². The fourth-order valence-corrected chi connectivity index (χ4v) is 2.88. The van der Waals surface area contributed by atoms with E-state index in [1.807, 2.05) is 31.2 Å². The number of nitrogens with zero attached hydrogens (tertiary/aromatic N) is 3. The van der Waals surface area contributed by atoms with Crippen LogP contribution in [0.5, 0.6) is 0 Å². The van der Waals surface area contributed by atoms with Crippen LogP contribution in [0.3, 0.4) is 0 Å². The maximum Gasteiger partial charge on any atom is 0.346 e. The van der Waals surface area contributed by atoms with Crippen molar-refractivity contribution in [1.29, 1.82) is 0 Å². The number of thioether (sulfide) groups is 1. The van der Waals surface area contributed by atoms with Gasteiger partial charge in [0.25, 0.3) is 5.56 Å². The van der Waals surface area contributed by atoms with E-state index in [1.54, 1.807) is 0 Å². The Morgan fingerprint density at radius 2 is 1.77 bits per heavy atom. The van der Waals surface area contributed by atoms with Gasteiger partial charge in [0.1, 0.15) is 0 Å². The third-order valence-electron chi connectivity index (χ3n) is 3.59. The van der Waals surface area contributed by atoms with Crippen LogP contribution in [0.1, 0.15) is 11.1 Å². The first kappa shape index (κ1) is 19.4. The second-order valence-electron chi connectivity index (χ2n) is 5.56. The van der Waals surface area contributed by atoms with Gasteiger partial charge in [-0.25, -0.2) is 9.48 Å². The summed E-state index contributed by atoms with van der Waals surface area (Å²) in [7, 11) is 2.75. The van der Waals surface area contributed by atoms with Crippen LogP contribution in [0.25, 0.3) is 0 Å². The van der Waals surface area contributed by atoms with Crippen LogP contribution >= 0.6 is 11.8 Å². The second kappa shape index (κ2) is 8.48. The SMILES string of the molecule is Cc1ccccc1CC(=O)NNC(=O)CSc1nn(C)c(=O)n(C)c1=O. The Morgan fingerprint density at radius 1 is 1.12 bits per heavy atom. The molecule has 2 rings (SSSR count). The van der Waals surface area contributed by atoms with Gasteiger partial charge in [0.15, 0.2) is 5.03 Å². The Morgan fingerprint density at radius 3 is 2.46 bits per heavy atom. The van der Waals surface area contributed by atoms with E-state index in [-0.39, 0.29) is 23.1 Å². The van der Waals surface area contributed by atoms with E-state index in [0.717, 1.165) is 32.1 Å². The van der Waals surface area contributed by atoms with E-state index >= 15 is 0 Å². The normalized spacial score (nSPS) is 10.4. The van der Waals surface area contributed by atoms with Gasteiger partial charge in [0.2, 0.25) is 11.8 Å². The smallest absolute Gasteiger partial charge is 0.273 e. The summed E-state index contributed by atoms with van der Waals surface area (Å²) in [6.45, 7) is 1.90. The lowest BCUT2D eigenvalue weighted by Crippen LogP contribution is -2.43. The molecule has 1 aromatic carbocycles. The van der Waals surface area contributed by atoms with Crippen LogP contribution in [0.15, 0.2) is 38.9 Å². The van der Waals surface area contributed by atoms with E-state index in [2.05, 4.69) is 16.0 Å². The first-order chi connectivity index (χ1) is 12.3. The van der Waals surface area contributed by atoms with E-state index in [9.17, 15) is 19.2 Å². The number of hydrogen-bond donors (Lipinski definition) is 2. The Kier molecular flexibility index (Phi) is 6.34. The van der Waals surface area contributed by atoms with Gasteiger partial charge < -0.3 is 0 Å². The van der Waals surface area contributed by atoms with Crippen LogP contribution in [0.2, 0.25) is 0 Å². The predicted octanol–water partition coefficient (Wildman–Crippen LogP) is -0.730. The zero-order chi connectivity index (χ0) is 19.3. The van der Waals surface area contributed by atoms with Crippen LogP contribution in [-0.4, -0.2) is 31.9 Å². The van der Waals surface area contributed by atoms with Crippen LogP contribution in [0.4, 0.5) is 0 Å². The fourth-order valence-electron chi connectivity index (χ4n) is 2.09. The van der Waals surface area contributed by atoms with Crippen molar-refractivity contribution in [2.75, 3.05) is 5.75 Å². The zero-order valence-electron chi connectivity index (χ0n) is 14.6. The third-order valence-corrected chi connectivity index (χ3v) is 4.52. The van der Waals surface area contributed by atoms with Crippen LogP contribution < -0.4 is 22.1 Å². The average molecular weight is 377 g/mol. The molecule has 0 saturated heterocycles. The number of carbonyl (C=O) groups is 2. The quantitative estimate of drug-likeness (QED) is 0.524. The predicted molar refractivity (Wildman–Crippen MR) is 96.6 cm³/mol. The first-order valence-electron chi connectivity index (χ1n) is 7.69. The van der Waals surface area contributed by atoms with Crippen molar-refractivity contribution >= 4 is 23.6 Å². The standard InChI is InChI=1S/C16H19N5O4S/c1-10-6-4-5-7-11(10)8-12(22)17-18-13(23)9-26-14-15(24)20(2)16(25)21(3)19-14/h4-7H,8-9H2,1-3H3,(H,17,22)(H,18,23). The summed E-state index contributed by atoms with van der Waals surface area (Å²) in [5, 5.41) is 3.86. The monoisotopic (exact) mass is 377 g/mol. The number of amides is 2. The Labute approximate surface area is 153 Å². The average Bonchev–Trinajstić information content (AvgIpc) is 2.62. The van der Waals surface area contributed by atoms with E-state index in [4.69, 9.17) is 0 Å². The lowest BCUT2D eigenvalue weighted by atomic mass is 10.1. The molecule has 26 heavy (non-hydrogen) atoms. The zero-order valence-corrected chi connectivity index (χ0v) is 15.4. The minimum Gasteiger partial charge on any atom is -0.273 e. The molecule has 1 aromatic heterocycles. The highest BCUT2D eigenvalue weighted by Crippen LogP contribution is 2.08. The molecule has 9 nitrogen and oxygen atoms in total. The molecule has 0 unspecified atom stereocenters. The summed E-state index contributed by atoms with van der Waals surface area (Å²) in [4.78, 5) is 47.2. The molecule has 0 fully saturated rings. The number of benzene rings is 1. The molecule has 2 N–H and O–H groups in total. The molecule has 10 heteroatoms. The number of rotatable bonds is 5. The van der Waals surface area contributed by atoms with Crippen molar-refractivity contribution in [3.63, 3.8) is 0 Å². The molecule has 138 valence electrons. The molecule has 0 aliphatic heterocycles. The third kappa shape index (κ3) is 4.82. The van der Waals surface area contributed by atoms with E-state index in [1.165, 1.54) is 14.1 Å². The molecule has 0 atom stereocenters. The summed E-state index contributed by atoms with van der Waals surface area (Å²) >= 11 is 0.883. The van der Waals surface area contributed by atoms with E-state index < -0.39 is 17.2 Å². The van der Waals surface area contributed by atoms with Crippen molar-refractivity contribution in [2.24, 2.45) is 14.1 Å². The van der Waals surface area contributed by atoms with Gasteiger partial charge >= 0.3 is 5.69 Å². The number of aryl methyl sites for hydroxylation is 2. The van der Waals surface area contributed by atoms with Gasteiger partial charge in [0.05, 0.1) is 12.2 Å². The number of nitrogens with one attached hydrogen (secondary N) is 2. The Bertz CT molecular complexity index is 950. The number of carbonyl (C=O) groups excluding carboxylic acids is 2. The van der Waals surface area contributed by atoms with Crippen LogP contribution in [-0.2, 0) is 30.1 Å². The topological polar surface area (TPSA) is 115 Å². The van der Waals surface area contributed by atoms with Gasteiger partial charge in [-0.3, -0.25) is 29.8 Å². The highest BCUT2D eigenvalue weighted by Gasteiger charge is 2.12. The summed E-state index contributed by atoms with van der Waals surface area (Å²) in [6.07, 6.45) is 0.142. The van der Waals surface area contributed by atoms with Crippen LogP contribution in [0, 0.1) is 6.92 Å². The maximum atomic E-state index is 11.9. The largest absolute Gasteiger partial charge is 0.346 e. The summed E-state index contributed by atoms with van der Waals surface area (Å²) in [6, 6.07) is 7.46. The summed E-state index contributed by atoms with van der Waals surface area (Å²) < 4.78 is 1.93. The molecule has 2 aromatic rings. The molecule has 0 aliphatic carbocycles. The molecule has 0 spiro atoms. The summed E-state index contributed by atoms with van der Waals surface area (Å²) in [5.41, 5.74) is 5.35.